The van der Waals surface area contributed by atoms with E-state index in [4.69, 9.17) is 34.5 Å². The smallest absolute Gasteiger partial charge is 0.192 e. The molecule has 0 radical (unpaired) electrons. The van der Waals surface area contributed by atoms with Crippen molar-refractivity contribution in [3.05, 3.63) is 30.3 Å². The number of halogens is 1. The van der Waals surface area contributed by atoms with Crippen LogP contribution in [0.15, 0.2) is 30.3 Å². The van der Waals surface area contributed by atoms with Crippen LogP contribution in [-0.4, -0.2) is 63.9 Å². The molecule has 0 aromatic heterocycles. The van der Waals surface area contributed by atoms with Crippen LogP contribution in [0.4, 0.5) is 0 Å². The monoisotopic (exact) mass is 674 g/mol. The molecule has 2 saturated heterocycles. The summed E-state index contributed by atoms with van der Waals surface area (Å²) in [5.41, 5.74) is 0. The molecule has 8 heteroatoms. The van der Waals surface area contributed by atoms with Gasteiger partial charge in [0, 0.05) is 25.6 Å². The Morgan fingerprint density at radius 2 is 1.67 bits per heavy atom. The molecule has 0 bridgehead atoms. The van der Waals surface area contributed by atoms with E-state index in [2.05, 4.69) is 67.6 Å². The zero-order valence-corrected chi connectivity index (χ0v) is 29.3. The maximum atomic E-state index is 7.09. The van der Waals surface area contributed by atoms with Gasteiger partial charge in [-0.05, 0) is 75.2 Å². The van der Waals surface area contributed by atoms with Gasteiger partial charge >= 0.3 is 0 Å². The van der Waals surface area contributed by atoms with Crippen molar-refractivity contribution >= 4 is 24.2 Å². The van der Waals surface area contributed by atoms with Crippen molar-refractivity contribution in [1.82, 2.24) is 0 Å². The first kappa shape index (κ1) is 34.5. The summed E-state index contributed by atoms with van der Waals surface area (Å²) in [6.45, 7) is 13.2. The van der Waals surface area contributed by atoms with Gasteiger partial charge in [0.2, 0.25) is 0 Å². The fourth-order valence-electron chi connectivity index (χ4n) is 5.70. The third kappa shape index (κ3) is 10.3. The molecule has 1 aromatic rings. The standard InChI is InChI=1S/C35H51BrO6Si/c1-7-26(36)23-30-29(20-19-28(40-33-17-11-13-21-37-33)25-39-27-15-9-8-10-16-27)31(41-34-18-12-14-22-38-34)24-32(30)42-43(5,6)35(2,3)4/h1,8-10,15-16,26,28-34H,11-14,17-18,21-25H2,2-6H3/t26-,28?,29?,30?,31?,32?,33?,34?/m0/s1. The Morgan fingerprint density at radius 1 is 1.00 bits per heavy atom. The lowest BCUT2D eigenvalue weighted by Crippen LogP contribution is -2.45. The van der Waals surface area contributed by atoms with E-state index < -0.39 is 14.4 Å². The van der Waals surface area contributed by atoms with E-state index >= 15 is 0 Å². The van der Waals surface area contributed by atoms with Gasteiger partial charge in [-0.15, -0.1) is 6.42 Å². The molecule has 1 saturated carbocycles. The molecule has 4 rings (SSSR count). The third-order valence-corrected chi connectivity index (χ3v) is 14.3. The van der Waals surface area contributed by atoms with Crippen LogP contribution in [0.3, 0.4) is 0 Å². The summed E-state index contributed by atoms with van der Waals surface area (Å²) < 4.78 is 38.2. The molecule has 238 valence electrons. The Hall–Kier alpha value is -1.36. The number of hydrogen-bond donors (Lipinski definition) is 0. The molecule has 2 aliphatic heterocycles. The summed E-state index contributed by atoms with van der Waals surface area (Å²) in [5.74, 6) is 10.8. The van der Waals surface area contributed by atoms with Crippen molar-refractivity contribution in [1.29, 1.82) is 0 Å². The molecule has 0 spiro atoms. The number of alkyl halides is 1. The summed E-state index contributed by atoms with van der Waals surface area (Å²) in [5, 5.41) is 0.0811. The molecular weight excluding hydrogens is 624 g/mol. The van der Waals surface area contributed by atoms with Gasteiger partial charge < -0.3 is 28.1 Å². The van der Waals surface area contributed by atoms with Crippen molar-refractivity contribution in [2.24, 2.45) is 11.8 Å². The van der Waals surface area contributed by atoms with Gasteiger partial charge in [0.15, 0.2) is 27.0 Å². The van der Waals surface area contributed by atoms with E-state index in [9.17, 15) is 0 Å². The van der Waals surface area contributed by atoms with E-state index in [1.54, 1.807) is 0 Å². The van der Waals surface area contributed by atoms with Crippen molar-refractivity contribution < 1.29 is 28.1 Å². The van der Waals surface area contributed by atoms with Crippen LogP contribution in [0.2, 0.25) is 18.1 Å². The summed E-state index contributed by atoms with van der Waals surface area (Å²) in [4.78, 5) is -0.0823. The topological polar surface area (TPSA) is 55.4 Å². The maximum absolute atomic E-state index is 7.09. The molecule has 1 aromatic carbocycles. The van der Waals surface area contributed by atoms with E-state index in [1.165, 1.54) is 0 Å². The molecule has 3 aliphatic rings. The van der Waals surface area contributed by atoms with Gasteiger partial charge in [-0.2, -0.15) is 0 Å². The average Bonchev–Trinajstić information content (AvgIpc) is 3.29. The third-order valence-electron chi connectivity index (χ3n) is 9.19. The summed E-state index contributed by atoms with van der Waals surface area (Å²) in [7, 11) is -2.07. The number of rotatable bonds is 11. The van der Waals surface area contributed by atoms with Crippen molar-refractivity contribution in [3.63, 3.8) is 0 Å². The highest BCUT2D eigenvalue weighted by atomic mass is 79.9. The highest BCUT2D eigenvalue weighted by Crippen LogP contribution is 2.45. The Labute approximate surface area is 269 Å². The van der Waals surface area contributed by atoms with E-state index in [1.807, 2.05) is 30.3 Å². The Balaban J connectivity index is 1.62. The van der Waals surface area contributed by atoms with Gasteiger partial charge in [0.1, 0.15) is 12.4 Å². The zero-order valence-electron chi connectivity index (χ0n) is 26.7. The Bertz CT molecular complexity index is 1080. The number of ether oxygens (including phenoxy) is 5. The first-order valence-corrected chi connectivity index (χ1v) is 19.9. The van der Waals surface area contributed by atoms with Crippen LogP contribution in [0.5, 0.6) is 5.75 Å². The second-order valence-electron chi connectivity index (χ2n) is 13.5. The second kappa shape index (κ2) is 16.3. The van der Waals surface area contributed by atoms with E-state index in [-0.39, 0.29) is 46.5 Å². The van der Waals surface area contributed by atoms with Gasteiger partial charge in [-0.25, -0.2) is 0 Å². The van der Waals surface area contributed by atoms with Gasteiger partial charge in [0.05, 0.1) is 23.0 Å². The fraction of sp³-hybridized carbons (Fsp3) is 0.714. The SMILES string of the molecule is C#C[C@H](Br)CC1C(O[Si](C)(C)C(C)(C)C)CC(OC2CCCCO2)C1C#CC(COc1ccccc1)OC1CCCCO1. The minimum atomic E-state index is -2.07. The molecule has 6 nitrogen and oxygen atoms in total. The summed E-state index contributed by atoms with van der Waals surface area (Å²) >= 11 is 3.72. The minimum Gasteiger partial charge on any atom is -0.490 e. The maximum Gasteiger partial charge on any atom is 0.192 e. The number of hydrogen-bond acceptors (Lipinski definition) is 6. The average molecular weight is 676 g/mol. The molecule has 8 atom stereocenters. The quantitative estimate of drug-likeness (QED) is 0.136. The lowest BCUT2D eigenvalue weighted by molar-refractivity contribution is -0.192. The number of benzene rings is 1. The van der Waals surface area contributed by atoms with Gasteiger partial charge in [-0.1, -0.05) is 72.7 Å². The highest BCUT2D eigenvalue weighted by Gasteiger charge is 2.49. The first-order valence-electron chi connectivity index (χ1n) is 16.1. The predicted molar refractivity (Wildman–Crippen MR) is 176 cm³/mol. The van der Waals surface area contributed by atoms with Crippen LogP contribution >= 0.6 is 15.9 Å². The molecule has 0 N–H and O–H groups in total. The normalized spacial score (nSPS) is 29.6. The summed E-state index contributed by atoms with van der Waals surface area (Å²) in [6, 6.07) is 9.79. The molecular formula is C35H51BrO6Si. The highest BCUT2D eigenvalue weighted by molar-refractivity contribution is 9.09. The Morgan fingerprint density at radius 3 is 2.28 bits per heavy atom. The zero-order chi connectivity index (χ0) is 30.9. The second-order valence-corrected chi connectivity index (χ2v) is 19.4. The molecule has 1 aliphatic carbocycles. The van der Waals surface area contributed by atoms with Crippen molar-refractivity contribution in [2.45, 2.75) is 126 Å². The van der Waals surface area contributed by atoms with Crippen LogP contribution in [-0.2, 0) is 23.4 Å². The first-order chi connectivity index (χ1) is 20.6. The van der Waals surface area contributed by atoms with Crippen LogP contribution in [0.1, 0.15) is 72.1 Å². The van der Waals surface area contributed by atoms with E-state index in [0.29, 0.717) is 13.2 Å². The molecule has 43 heavy (non-hydrogen) atoms. The van der Waals surface area contributed by atoms with Crippen LogP contribution < -0.4 is 4.74 Å². The van der Waals surface area contributed by atoms with E-state index in [0.717, 1.165) is 63.7 Å². The minimum absolute atomic E-state index is 0.0104. The largest absolute Gasteiger partial charge is 0.490 e. The summed E-state index contributed by atoms with van der Waals surface area (Å²) in [6.07, 6.45) is 12.4. The molecule has 3 fully saturated rings. The fourth-order valence-corrected chi connectivity index (χ4v) is 7.51. The Kier molecular flexibility index (Phi) is 13.1. The lowest BCUT2D eigenvalue weighted by Gasteiger charge is -2.40. The van der Waals surface area contributed by atoms with Gasteiger partial charge in [-0.3, -0.25) is 0 Å². The molecule has 0 amide bonds. The van der Waals surface area contributed by atoms with Crippen LogP contribution in [0, 0.1) is 36.0 Å². The van der Waals surface area contributed by atoms with Gasteiger partial charge in [0.25, 0.3) is 0 Å². The predicted octanol–water partition coefficient (Wildman–Crippen LogP) is 7.71. The number of terminal acetylenes is 1. The van der Waals surface area contributed by atoms with Crippen molar-refractivity contribution in [2.75, 3.05) is 19.8 Å². The van der Waals surface area contributed by atoms with Crippen molar-refractivity contribution in [3.8, 4) is 29.9 Å². The number of para-hydroxylation sites is 1. The molecule has 7 unspecified atom stereocenters. The lowest BCUT2D eigenvalue weighted by atomic mass is 9.89. The molecule has 2 heterocycles. The van der Waals surface area contributed by atoms with Crippen LogP contribution in [0.25, 0.3) is 0 Å².